The molecule has 0 fully saturated rings. The fraction of sp³-hybridized carbons (Fsp3) is 0.118. The minimum Gasteiger partial charge on any atom is -0.496 e. The fourth-order valence-electron chi connectivity index (χ4n) is 2.30. The van der Waals surface area contributed by atoms with E-state index in [0.29, 0.717) is 33.0 Å². The lowest BCUT2D eigenvalue weighted by Crippen LogP contribution is -2.16. The average molecular weight is 377 g/mol. The van der Waals surface area contributed by atoms with E-state index in [1.54, 1.807) is 48.8 Å². The number of aromatic nitrogens is 3. The minimum atomic E-state index is -0.260. The Morgan fingerprint density at radius 2 is 2.00 bits per heavy atom. The van der Waals surface area contributed by atoms with Crippen molar-refractivity contribution in [1.82, 2.24) is 14.8 Å². The quantitative estimate of drug-likeness (QED) is 0.735. The highest BCUT2D eigenvalue weighted by molar-refractivity contribution is 6.32. The van der Waals surface area contributed by atoms with E-state index < -0.39 is 0 Å². The van der Waals surface area contributed by atoms with Gasteiger partial charge in [-0.25, -0.2) is 9.67 Å². The van der Waals surface area contributed by atoms with Crippen LogP contribution >= 0.6 is 23.2 Å². The first-order valence-corrected chi connectivity index (χ1v) is 8.12. The molecule has 0 aliphatic rings. The summed E-state index contributed by atoms with van der Waals surface area (Å²) in [5.41, 5.74) is 0.622. The van der Waals surface area contributed by atoms with Crippen molar-refractivity contribution >= 4 is 34.9 Å². The van der Waals surface area contributed by atoms with Crippen LogP contribution < -0.4 is 10.1 Å². The Labute approximate surface area is 154 Å². The van der Waals surface area contributed by atoms with Gasteiger partial charge in [-0.15, -0.1) is 5.10 Å². The monoisotopic (exact) mass is 376 g/mol. The number of anilines is 1. The molecule has 0 radical (unpaired) electrons. The fourth-order valence-corrected chi connectivity index (χ4v) is 2.74. The van der Waals surface area contributed by atoms with Crippen LogP contribution in [0.25, 0.3) is 5.82 Å². The molecule has 0 saturated carbocycles. The molecule has 0 spiro atoms. The number of amides is 1. The van der Waals surface area contributed by atoms with Crippen molar-refractivity contribution in [3.05, 3.63) is 64.4 Å². The van der Waals surface area contributed by atoms with Gasteiger partial charge in [-0.1, -0.05) is 29.3 Å². The van der Waals surface area contributed by atoms with Crippen molar-refractivity contribution in [3.63, 3.8) is 0 Å². The summed E-state index contributed by atoms with van der Waals surface area (Å²) < 4.78 is 6.74. The standard InChI is InChI=1S/C17H14Cl2N4O2/c1-25-14-6-2-4-12(18)11(14)10-16(24)21-15-7-9-23(22-15)17-13(19)5-3-8-20-17/h2-9H,10H2,1H3,(H,21,22,24). The topological polar surface area (TPSA) is 69.0 Å². The number of benzene rings is 1. The number of ether oxygens (including phenoxy) is 1. The van der Waals surface area contributed by atoms with Crippen LogP contribution in [0.15, 0.2) is 48.8 Å². The third-order valence-electron chi connectivity index (χ3n) is 3.45. The van der Waals surface area contributed by atoms with Crippen LogP contribution in [0.2, 0.25) is 10.0 Å². The summed E-state index contributed by atoms with van der Waals surface area (Å²) in [6.45, 7) is 0. The lowest BCUT2D eigenvalue weighted by atomic mass is 10.1. The number of carbonyl (C=O) groups excluding carboxylic acids is 1. The van der Waals surface area contributed by atoms with Crippen molar-refractivity contribution in [1.29, 1.82) is 0 Å². The van der Waals surface area contributed by atoms with E-state index >= 15 is 0 Å². The minimum absolute atomic E-state index is 0.0695. The molecule has 3 aromatic rings. The van der Waals surface area contributed by atoms with Gasteiger partial charge in [0.25, 0.3) is 0 Å². The molecule has 128 valence electrons. The smallest absolute Gasteiger partial charge is 0.230 e. The first-order valence-electron chi connectivity index (χ1n) is 7.36. The number of rotatable bonds is 5. The van der Waals surface area contributed by atoms with Gasteiger partial charge in [-0.3, -0.25) is 4.79 Å². The Kier molecular flexibility index (Phi) is 5.21. The lowest BCUT2D eigenvalue weighted by Gasteiger charge is -2.09. The molecule has 1 N–H and O–H groups in total. The molecular formula is C17H14Cl2N4O2. The zero-order valence-corrected chi connectivity index (χ0v) is 14.8. The molecule has 2 aromatic heterocycles. The molecule has 8 heteroatoms. The van der Waals surface area contributed by atoms with Gasteiger partial charge in [0.15, 0.2) is 11.6 Å². The normalized spacial score (nSPS) is 10.5. The molecule has 0 atom stereocenters. The second-order valence-corrected chi connectivity index (χ2v) is 5.91. The molecule has 1 amide bonds. The Balaban J connectivity index is 1.74. The molecule has 3 rings (SSSR count). The first kappa shape index (κ1) is 17.3. The predicted octanol–water partition coefficient (Wildman–Crippen LogP) is 3.76. The molecule has 0 aliphatic carbocycles. The van der Waals surface area contributed by atoms with E-state index in [1.807, 2.05) is 0 Å². The van der Waals surface area contributed by atoms with Crippen molar-refractivity contribution in [2.75, 3.05) is 12.4 Å². The van der Waals surface area contributed by atoms with Crippen molar-refractivity contribution < 1.29 is 9.53 Å². The van der Waals surface area contributed by atoms with Gasteiger partial charge in [0.05, 0.1) is 18.6 Å². The summed E-state index contributed by atoms with van der Waals surface area (Å²) in [4.78, 5) is 16.5. The lowest BCUT2D eigenvalue weighted by molar-refractivity contribution is -0.115. The SMILES string of the molecule is COc1cccc(Cl)c1CC(=O)Nc1ccn(-c2ncccc2Cl)n1. The number of nitrogens with one attached hydrogen (secondary N) is 1. The summed E-state index contributed by atoms with van der Waals surface area (Å²) in [6.07, 6.45) is 3.35. The molecule has 25 heavy (non-hydrogen) atoms. The second kappa shape index (κ2) is 7.55. The number of nitrogens with zero attached hydrogens (tertiary/aromatic N) is 3. The third-order valence-corrected chi connectivity index (χ3v) is 4.09. The number of hydrogen-bond donors (Lipinski definition) is 1. The molecule has 0 bridgehead atoms. The van der Waals surface area contributed by atoms with Crippen LogP contribution in [0.1, 0.15) is 5.56 Å². The highest BCUT2D eigenvalue weighted by Crippen LogP contribution is 2.27. The maximum Gasteiger partial charge on any atom is 0.230 e. The summed E-state index contributed by atoms with van der Waals surface area (Å²) in [5, 5.41) is 7.92. The van der Waals surface area contributed by atoms with Crippen molar-refractivity contribution in [3.8, 4) is 11.6 Å². The van der Waals surface area contributed by atoms with E-state index in [-0.39, 0.29) is 12.3 Å². The maximum atomic E-state index is 12.3. The molecule has 1 aromatic carbocycles. The van der Waals surface area contributed by atoms with Crippen LogP contribution in [0, 0.1) is 0 Å². The third kappa shape index (κ3) is 3.92. The van der Waals surface area contributed by atoms with Gasteiger partial charge in [-0.05, 0) is 24.3 Å². The van der Waals surface area contributed by atoms with E-state index in [1.165, 1.54) is 11.8 Å². The summed E-state index contributed by atoms with van der Waals surface area (Å²) in [7, 11) is 1.53. The first-order chi connectivity index (χ1) is 12.1. The van der Waals surface area contributed by atoms with Gasteiger partial charge in [0, 0.05) is 29.0 Å². The Bertz CT molecular complexity index is 911. The molecule has 2 heterocycles. The van der Waals surface area contributed by atoms with E-state index in [2.05, 4.69) is 15.4 Å². The van der Waals surface area contributed by atoms with Gasteiger partial charge in [-0.2, -0.15) is 0 Å². The highest BCUT2D eigenvalue weighted by atomic mass is 35.5. The van der Waals surface area contributed by atoms with E-state index in [9.17, 15) is 4.79 Å². The van der Waals surface area contributed by atoms with Crippen LogP contribution in [-0.4, -0.2) is 27.8 Å². The van der Waals surface area contributed by atoms with Crippen LogP contribution in [-0.2, 0) is 11.2 Å². The number of hydrogen-bond acceptors (Lipinski definition) is 4. The van der Waals surface area contributed by atoms with Crippen LogP contribution in [0.5, 0.6) is 5.75 Å². The zero-order valence-electron chi connectivity index (χ0n) is 13.2. The Morgan fingerprint density at radius 1 is 1.20 bits per heavy atom. The molecule has 6 nitrogen and oxygen atoms in total. The van der Waals surface area contributed by atoms with Gasteiger partial charge >= 0.3 is 0 Å². The van der Waals surface area contributed by atoms with Gasteiger partial charge in [0.1, 0.15) is 5.75 Å². The highest BCUT2D eigenvalue weighted by Gasteiger charge is 2.14. The van der Waals surface area contributed by atoms with Crippen LogP contribution in [0.3, 0.4) is 0 Å². The second-order valence-electron chi connectivity index (χ2n) is 5.10. The Hall–Kier alpha value is -2.57. The predicted molar refractivity (Wildman–Crippen MR) is 96.7 cm³/mol. The van der Waals surface area contributed by atoms with Crippen molar-refractivity contribution in [2.24, 2.45) is 0 Å². The molecular weight excluding hydrogens is 363 g/mol. The summed E-state index contributed by atoms with van der Waals surface area (Å²) >= 11 is 12.2. The largest absolute Gasteiger partial charge is 0.496 e. The number of methoxy groups -OCH3 is 1. The zero-order chi connectivity index (χ0) is 17.8. The van der Waals surface area contributed by atoms with Gasteiger partial charge in [0.2, 0.25) is 5.91 Å². The molecule has 0 aliphatic heterocycles. The van der Waals surface area contributed by atoms with E-state index in [4.69, 9.17) is 27.9 Å². The van der Waals surface area contributed by atoms with Gasteiger partial charge < -0.3 is 10.1 Å². The molecule has 0 unspecified atom stereocenters. The van der Waals surface area contributed by atoms with E-state index in [0.717, 1.165) is 0 Å². The van der Waals surface area contributed by atoms with Crippen LogP contribution in [0.4, 0.5) is 5.82 Å². The van der Waals surface area contributed by atoms with Crippen molar-refractivity contribution in [2.45, 2.75) is 6.42 Å². The number of pyridine rings is 1. The number of halogens is 2. The Morgan fingerprint density at radius 3 is 2.76 bits per heavy atom. The average Bonchev–Trinajstić information content (AvgIpc) is 3.05. The maximum absolute atomic E-state index is 12.3. The summed E-state index contributed by atoms with van der Waals surface area (Å²) in [6, 6.07) is 10.3. The molecule has 0 saturated heterocycles. The summed E-state index contributed by atoms with van der Waals surface area (Å²) in [5.74, 6) is 1.17. The number of carbonyl (C=O) groups is 1.